The number of carbonyl (C=O) groups is 1. The van der Waals surface area contributed by atoms with E-state index in [2.05, 4.69) is 30.5 Å². The third-order valence-electron chi connectivity index (χ3n) is 3.93. The van der Waals surface area contributed by atoms with Crippen molar-refractivity contribution >= 4 is 5.91 Å². The smallest absolute Gasteiger partial charge is 0.250 e. The van der Waals surface area contributed by atoms with Gasteiger partial charge in [0.1, 0.15) is 0 Å². The fourth-order valence-electron chi connectivity index (χ4n) is 2.83. The molecule has 1 aromatic heterocycles. The van der Waals surface area contributed by atoms with E-state index in [1.165, 1.54) is 0 Å². The summed E-state index contributed by atoms with van der Waals surface area (Å²) in [4.78, 5) is 11.6. The van der Waals surface area contributed by atoms with Crippen LogP contribution in [0.4, 0.5) is 0 Å². The molecule has 3 nitrogen and oxygen atoms in total. The number of nitrogens with two attached hydrogens (primary N) is 1. The highest BCUT2D eigenvalue weighted by Gasteiger charge is 2.20. The fourth-order valence-corrected chi connectivity index (χ4v) is 2.83. The maximum absolute atomic E-state index is 11.6. The van der Waals surface area contributed by atoms with Crippen molar-refractivity contribution in [2.24, 2.45) is 5.73 Å². The zero-order valence-corrected chi connectivity index (χ0v) is 12.4. The van der Waals surface area contributed by atoms with Crippen LogP contribution in [0.25, 0.3) is 11.3 Å². The zero-order chi connectivity index (χ0) is 14.7. The van der Waals surface area contributed by atoms with Crippen molar-refractivity contribution in [3.63, 3.8) is 0 Å². The fraction of sp³-hybridized carbons (Fsp3) is 0.353. The van der Waals surface area contributed by atoms with Crippen LogP contribution in [0.3, 0.4) is 0 Å². The summed E-state index contributed by atoms with van der Waals surface area (Å²) < 4.78 is 2.26. The molecule has 2 aromatic rings. The van der Waals surface area contributed by atoms with E-state index in [-0.39, 0.29) is 5.91 Å². The summed E-state index contributed by atoms with van der Waals surface area (Å²) in [6.07, 6.45) is 2.06. The third-order valence-corrected chi connectivity index (χ3v) is 3.93. The van der Waals surface area contributed by atoms with Gasteiger partial charge in [0.25, 0.3) is 5.91 Å². The van der Waals surface area contributed by atoms with Crippen LogP contribution >= 0.6 is 0 Å². The minimum atomic E-state index is -0.357. The number of aromatic nitrogens is 1. The molecule has 1 amide bonds. The van der Waals surface area contributed by atoms with Crippen molar-refractivity contribution in [3.05, 3.63) is 47.7 Å². The lowest BCUT2D eigenvalue weighted by Gasteiger charge is -2.21. The molecule has 0 saturated heterocycles. The van der Waals surface area contributed by atoms with Crippen LogP contribution < -0.4 is 5.73 Å². The first-order valence-electron chi connectivity index (χ1n) is 7.17. The number of amides is 1. The maximum atomic E-state index is 11.6. The van der Waals surface area contributed by atoms with Crippen molar-refractivity contribution < 1.29 is 4.79 Å². The van der Waals surface area contributed by atoms with Crippen LogP contribution in [0, 0.1) is 6.92 Å². The second-order valence-electron chi connectivity index (χ2n) is 5.10. The van der Waals surface area contributed by atoms with E-state index >= 15 is 0 Å². The number of carbonyl (C=O) groups excluding carboxylic acids is 1. The Balaban J connectivity index is 2.66. The molecule has 0 fully saturated rings. The molecule has 3 heteroatoms. The summed E-state index contributed by atoms with van der Waals surface area (Å²) in [5.41, 5.74) is 9.28. The monoisotopic (exact) mass is 270 g/mol. The summed E-state index contributed by atoms with van der Waals surface area (Å²) in [7, 11) is 0. The number of nitrogens with zero attached hydrogens (tertiary/aromatic N) is 1. The summed E-state index contributed by atoms with van der Waals surface area (Å²) in [6.45, 7) is 6.32. The Hall–Kier alpha value is -2.03. The average molecular weight is 270 g/mol. The van der Waals surface area contributed by atoms with E-state index in [0.29, 0.717) is 11.6 Å². The predicted octanol–water partition coefficient (Wildman–Crippen LogP) is 3.92. The van der Waals surface area contributed by atoms with Gasteiger partial charge in [-0.05, 0) is 31.4 Å². The Bertz CT molecular complexity index is 595. The van der Waals surface area contributed by atoms with Gasteiger partial charge in [0.2, 0.25) is 0 Å². The first kappa shape index (κ1) is 14.4. The molecule has 0 unspecified atom stereocenters. The highest BCUT2D eigenvalue weighted by atomic mass is 16.1. The second-order valence-corrected chi connectivity index (χ2v) is 5.10. The molecule has 2 N–H and O–H groups in total. The molecule has 20 heavy (non-hydrogen) atoms. The average Bonchev–Trinajstić information content (AvgIpc) is 2.80. The number of primary amides is 1. The van der Waals surface area contributed by atoms with E-state index in [1.807, 2.05) is 31.2 Å². The minimum Gasteiger partial charge on any atom is -0.366 e. The molecular weight excluding hydrogens is 248 g/mol. The van der Waals surface area contributed by atoms with Gasteiger partial charge < -0.3 is 10.3 Å². The first-order chi connectivity index (χ1) is 9.60. The predicted molar refractivity (Wildman–Crippen MR) is 82.7 cm³/mol. The van der Waals surface area contributed by atoms with Gasteiger partial charge in [-0.3, -0.25) is 4.79 Å². The molecule has 1 aromatic carbocycles. The molecular formula is C17H22N2O. The molecule has 0 aliphatic carbocycles. The molecule has 0 aliphatic heterocycles. The van der Waals surface area contributed by atoms with Crippen molar-refractivity contribution in [1.82, 2.24) is 4.57 Å². The van der Waals surface area contributed by atoms with Crippen LogP contribution in [0.2, 0.25) is 0 Å². The second kappa shape index (κ2) is 5.95. The minimum absolute atomic E-state index is 0.357. The van der Waals surface area contributed by atoms with Crippen LogP contribution in [0.15, 0.2) is 36.4 Å². The van der Waals surface area contributed by atoms with Gasteiger partial charge in [-0.2, -0.15) is 0 Å². The van der Waals surface area contributed by atoms with Crippen molar-refractivity contribution in [1.29, 1.82) is 0 Å². The van der Waals surface area contributed by atoms with Gasteiger partial charge in [0.15, 0.2) is 0 Å². The van der Waals surface area contributed by atoms with E-state index in [4.69, 9.17) is 5.73 Å². The summed E-state index contributed by atoms with van der Waals surface area (Å²) >= 11 is 0. The molecule has 0 bridgehead atoms. The lowest BCUT2D eigenvalue weighted by molar-refractivity contribution is 0.0999. The molecule has 1 heterocycles. The number of hydrogen-bond acceptors (Lipinski definition) is 1. The summed E-state index contributed by atoms with van der Waals surface area (Å²) in [6, 6.07) is 12.5. The van der Waals surface area contributed by atoms with Gasteiger partial charge in [-0.1, -0.05) is 44.2 Å². The van der Waals surface area contributed by atoms with Crippen molar-refractivity contribution in [2.75, 3.05) is 0 Å². The highest BCUT2D eigenvalue weighted by Crippen LogP contribution is 2.31. The normalized spacial score (nSPS) is 11.0. The molecule has 0 aliphatic rings. The van der Waals surface area contributed by atoms with Gasteiger partial charge in [-0.25, -0.2) is 0 Å². The quantitative estimate of drug-likeness (QED) is 0.879. The SMILES string of the molecule is CCC(CC)n1c(-c2ccccc2)cc(C(N)=O)c1C. The third kappa shape index (κ3) is 2.48. The van der Waals surface area contributed by atoms with E-state index in [1.54, 1.807) is 0 Å². The summed E-state index contributed by atoms with van der Waals surface area (Å²) in [5.74, 6) is -0.357. The van der Waals surface area contributed by atoms with Crippen LogP contribution in [0.1, 0.15) is 48.8 Å². The Morgan fingerprint density at radius 1 is 1.20 bits per heavy atom. The first-order valence-corrected chi connectivity index (χ1v) is 7.17. The largest absolute Gasteiger partial charge is 0.366 e. The molecule has 0 radical (unpaired) electrons. The zero-order valence-electron chi connectivity index (χ0n) is 12.4. The van der Waals surface area contributed by atoms with E-state index in [0.717, 1.165) is 29.8 Å². The Kier molecular flexibility index (Phi) is 4.28. The standard InChI is InChI=1S/C17H22N2O/c1-4-14(5-2)19-12(3)15(17(18)20)11-16(19)13-9-7-6-8-10-13/h6-11,14H,4-5H2,1-3H3,(H2,18,20). The van der Waals surface area contributed by atoms with E-state index in [9.17, 15) is 4.79 Å². The van der Waals surface area contributed by atoms with E-state index < -0.39 is 0 Å². The van der Waals surface area contributed by atoms with Gasteiger partial charge in [-0.15, -0.1) is 0 Å². The molecule has 2 rings (SSSR count). The van der Waals surface area contributed by atoms with Gasteiger partial charge in [0, 0.05) is 17.4 Å². The van der Waals surface area contributed by atoms with Gasteiger partial charge >= 0.3 is 0 Å². The number of hydrogen-bond donors (Lipinski definition) is 1. The van der Waals surface area contributed by atoms with Crippen LogP contribution in [-0.4, -0.2) is 10.5 Å². The maximum Gasteiger partial charge on any atom is 0.250 e. The molecule has 0 saturated carbocycles. The number of rotatable bonds is 5. The summed E-state index contributed by atoms with van der Waals surface area (Å²) in [5, 5.41) is 0. The highest BCUT2D eigenvalue weighted by molar-refractivity contribution is 5.95. The molecule has 0 atom stereocenters. The Morgan fingerprint density at radius 3 is 2.30 bits per heavy atom. The molecule has 0 spiro atoms. The van der Waals surface area contributed by atoms with Gasteiger partial charge in [0.05, 0.1) is 5.56 Å². The lowest BCUT2D eigenvalue weighted by Crippen LogP contribution is -2.14. The topological polar surface area (TPSA) is 48.0 Å². The van der Waals surface area contributed by atoms with Crippen LogP contribution in [0.5, 0.6) is 0 Å². The molecule has 106 valence electrons. The van der Waals surface area contributed by atoms with Crippen molar-refractivity contribution in [2.45, 2.75) is 39.7 Å². The Labute approximate surface area is 120 Å². The van der Waals surface area contributed by atoms with Crippen LogP contribution in [-0.2, 0) is 0 Å². The number of benzene rings is 1. The van der Waals surface area contributed by atoms with Crippen molar-refractivity contribution in [3.8, 4) is 11.3 Å². The Morgan fingerprint density at radius 2 is 1.80 bits per heavy atom. The lowest BCUT2D eigenvalue weighted by atomic mass is 10.1.